The molecule has 1 unspecified atom stereocenters. The van der Waals surface area contributed by atoms with Crippen molar-refractivity contribution in [2.45, 2.75) is 76.9 Å². The molecule has 0 saturated heterocycles. The minimum absolute atomic E-state index is 0.0197. The molecule has 0 spiro atoms. The molecule has 4 rings (SSSR count). The van der Waals surface area contributed by atoms with Gasteiger partial charge in [0.1, 0.15) is 6.04 Å². The molecule has 41 heavy (non-hydrogen) atoms. The summed E-state index contributed by atoms with van der Waals surface area (Å²) in [7, 11) is -3.65. The average Bonchev–Trinajstić information content (AvgIpc) is 3.40. The van der Waals surface area contributed by atoms with E-state index in [9.17, 15) is 18.0 Å². The Morgan fingerprint density at radius 2 is 1.73 bits per heavy atom. The van der Waals surface area contributed by atoms with E-state index in [2.05, 4.69) is 5.32 Å². The smallest absolute Gasteiger partial charge is 0.243 e. The van der Waals surface area contributed by atoms with Crippen molar-refractivity contribution in [3.05, 3.63) is 52.0 Å². The van der Waals surface area contributed by atoms with Crippen LogP contribution < -0.4 is 19.1 Å². The van der Waals surface area contributed by atoms with Gasteiger partial charge in [-0.3, -0.25) is 13.9 Å². The van der Waals surface area contributed by atoms with Crippen molar-refractivity contribution < 1.29 is 27.5 Å². The molecule has 224 valence electrons. The number of nitrogens with one attached hydrogen (secondary N) is 1. The number of benzene rings is 2. The molecule has 1 heterocycles. The van der Waals surface area contributed by atoms with Crippen LogP contribution in [0.1, 0.15) is 63.9 Å². The first kappa shape index (κ1) is 31.3. The van der Waals surface area contributed by atoms with Crippen LogP contribution >= 0.6 is 23.2 Å². The van der Waals surface area contributed by atoms with E-state index >= 15 is 0 Å². The molecule has 1 fully saturated rings. The third-order valence-corrected chi connectivity index (χ3v) is 9.43. The van der Waals surface area contributed by atoms with Gasteiger partial charge in [0.2, 0.25) is 28.6 Å². The summed E-state index contributed by atoms with van der Waals surface area (Å²) >= 11 is 12.9. The molecule has 1 saturated carbocycles. The minimum atomic E-state index is -3.65. The summed E-state index contributed by atoms with van der Waals surface area (Å²) in [6.45, 7) is 2.07. The lowest BCUT2D eigenvalue weighted by Gasteiger charge is -2.33. The second-order valence-electron chi connectivity index (χ2n) is 10.5. The highest BCUT2D eigenvalue weighted by Gasteiger charge is 2.31. The molecule has 1 aliphatic heterocycles. The van der Waals surface area contributed by atoms with Crippen LogP contribution in [0.3, 0.4) is 0 Å². The molecule has 1 atom stereocenters. The highest BCUT2D eigenvalue weighted by atomic mass is 35.5. The maximum atomic E-state index is 13.7. The van der Waals surface area contributed by atoms with E-state index < -0.39 is 16.1 Å². The van der Waals surface area contributed by atoms with Crippen LogP contribution in [0.4, 0.5) is 5.69 Å². The highest BCUT2D eigenvalue weighted by molar-refractivity contribution is 7.92. The van der Waals surface area contributed by atoms with E-state index in [0.717, 1.165) is 38.4 Å². The van der Waals surface area contributed by atoms with E-state index in [0.29, 0.717) is 39.2 Å². The Morgan fingerprint density at radius 1 is 1.05 bits per heavy atom. The fraction of sp³-hybridized carbons (Fsp3) is 0.517. The Morgan fingerprint density at radius 3 is 2.39 bits per heavy atom. The Bertz CT molecular complexity index is 1330. The molecular weight excluding hydrogens is 589 g/mol. The molecule has 1 N–H and O–H groups in total. The maximum Gasteiger partial charge on any atom is 0.243 e. The van der Waals surface area contributed by atoms with E-state index in [1.165, 1.54) is 9.21 Å². The summed E-state index contributed by atoms with van der Waals surface area (Å²) < 4.78 is 37.3. The van der Waals surface area contributed by atoms with Gasteiger partial charge in [-0.1, -0.05) is 55.5 Å². The molecule has 2 amide bonds. The first-order valence-corrected chi connectivity index (χ1v) is 16.6. The molecule has 2 aromatic carbocycles. The van der Waals surface area contributed by atoms with Crippen molar-refractivity contribution in [2.75, 3.05) is 23.9 Å². The standard InChI is InChI=1S/C29H37Cl2N3O6S/c1-3-25(29(36)32-20-9-5-4-6-10-20)33(18-22-23(30)11-7-12-24(22)31)28(35)13-8-16-34(41(2,37)38)21-14-15-26-27(17-21)40-19-39-26/h7,11-12,14-15,17,20,25H,3-6,8-10,13,16,18-19H2,1-2H3,(H,32,36). The Labute approximate surface area is 252 Å². The normalized spacial score (nSPS) is 15.8. The maximum absolute atomic E-state index is 13.7. The van der Waals surface area contributed by atoms with Crippen LogP contribution in [0.2, 0.25) is 10.0 Å². The minimum Gasteiger partial charge on any atom is -0.454 e. The van der Waals surface area contributed by atoms with Gasteiger partial charge in [0.15, 0.2) is 11.5 Å². The number of carbonyl (C=O) groups excluding carboxylic acids is 2. The zero-order valence-corrected chi connectivity index (χ0v) is 25.7. The highest BCUT2D eigenvalue weighted by Crippen LogP contribution is 2.36. The Balaban J connectivity index is 1.51. The fourth-order valence-corrected chi connectivity index (χ4v) is 6.84. The molecule has 12 heteroatoms. The number of rotatable bonds is 12. The number of carbonyl (C=O) groups is 2. The molecule has 0 aromatic heterocycles. The number of amides is 2. The van der Waals surface area contributed by atoms with Gasteiger partial charge in [0.05, 0.1) is 11.9 Å². The van der Waals surface area contributed by atoms with Crippen LogP contribution in [-0.2, 0) is 26.2 Å². The van der Waals surface area contributed by atoms with Gasteiger partial charge < -0.3 is 19.7 Å². The summed E-state index contributed by atoms with van der Waals surface area (Å²) in [5.41, 5.74) is 0.980. The van der Waals surface area contributed by atoms with E-state index in [-0.39, 0.29) is 50.6 Å². The van der Waals surface area contributed by atoms with E-state index in [1.54, 1.807) is 36.4 Å². The molecule has 1 aliphatic carbocycles. The number of fused-ring (bicyclic) bond motifs is 1. The van der Waals surface area contributed by atoms with Crippen molar-refractivity contribution in [1.82, 2.24) is 10.2 Å². The number of ether oxygens (including phenoxy) is 2. The van der Waals surface area contributed by atoms with E-state index in [4.69, 9.17) is 32.7 Å². The Hall–Kier alpha value is -2.69. The first-order chi connectivity index (χ1) is 19.6. The summed E-state index contributed by atoms with van der Waals surface area (Å²) in [5, 5.41) is 3.96. The van der Waals surface area contributed by atoms with Crippen molar-refractivity contribution in [3.8, 4) is 11.5 Å². The predicted molar refractivity (Wildman–Crippen MR) is 160 cm³/mol. The zero-order chi connectivity index (χ0) is 29.6. The van der Waals surface area contributed by atoms with Gasteiger partial charge in [-0.2, -0.15) is 0 Å². The fourth-order valence-electron chi connectivity index (χ4n) is 5.36. The molecule has 2 aliphatic rings. The SMILES string of the molecule is CCC(C(=O)NC1CCCCC1)N(Cc1c(Cl)cccc1Cl)C(=O)CCCN(c1ccc2c(c1)OCO2)S(C)(=O)=O. The van der Waals surface area contributed by atoms with Gasteiger partial charge >= 0.3 is 0 Å². The van der Waals surface area contributed by atoms with Crippen LogP contribution in [0.5, 0.6) is 11.5 Å². The van der Waals surface area contributed by atoms with Gasteiger partial charge in [-0.05, 0) is 49.9 Å². The van der Waals surface area contributed by atoms with Crippen LogP contribution in [0.25, 0.3) is 0 Å². The predicted octanol–water partition coefficient (Wildman–Crippen LogP) is 5.52. The third-order valence-electron chi connectivity index (χ3n) is 7.52. The number of anilines is 1. The van der Waals surface area contributed by atoms with Gasteiger partial charge in [-0.15, -0.1) is 0 Å². The van der Waals surface area contributed by atoms with Crippen molar-refractivity contribution in [3.63, 3.8) is 0 Å². The number of nitrogens with zero attached hydrogens (tertiary/aromatic N) is 2. The monoisotopic (exact) mass is 625 g/mol. The lowest BCUT2D eigenvalue weighted by molar-refractivity contribution is -0.141. The van der Waals surface area contributed by atoms with Crippen LogP contribution in [0, 0.1) is 0 Å². The lowest BCUT2D eigenvalue weighted by Crippen LogP contribution is -2.51. The second-order valence-corrected chi connectivity index (χ2v) is 13.2. The van der Waals surface area contributed by atoms with Crippen molar-refractivity contribution in [2.24, 2.45) is 0 Å². The average molecular weight is 627 g/mol. The van der Waals surface area contributed by atoms with Gasteiger partial charge in [-0.25, -0.2) is 8.42 Å². The quantitative estimate of drug-likeness (QED) is 0.333. The molecule has 9 nitrogen and oxygen atoms in total. The number of hydrogen-bond acceptors (Lipinski definition) is 6. The van der Waals surface area contributed by atoms with Crippen LogP contribution in [-0.4, -0.2) is 56.8 Å². The number of hydrogen-bond donors (Lipinski definition) is 1. The molecule has 0 bridgehead atoms. The largest absolute Gasteiger partial charge is 0.454 e. The summed E-state index contributed by atoms with van der Waals surface area (Å²) in [4.78, 5) is 28.7. The number of sulfonamides is 1. The molecular formula is C29H37Cl2N3O6S. The number of halogens is 2. The summed E-state index contributed by atoms with van der Waals surface area (Å²) in [5.74, 6) is 0.521. The molecule has 2 aromatic rings. The van der Waals surface area contributed by atoms with Crippen molar-refractivity contribution >= 4 is 50.7 Å². The van der Waals surface area contributed by atoms with Crippen LogP contribution in [0.15, 0.2) is 36.4 Å². The van der Waals surface area contributed by atoms with Gasteiger partial charge in [0, 0.05) is 47.2 Å². The lowest BCUT2D eigenvalue weighted by atomic mass is 9.95. The summed E-state index contributed by atoms with van der Waals surface area (Å²) in [6.07, 6.45) is 6.92. The van der Waals surface area contributed by atoms with E-state index in [1.807, 2.05) is 6.92 Å². The van der Waals surface area contributed by atoms with Crippen molar-refractivity contribution in [1.29, 1.82) is 0 Å². The summed E-state index contributed by atoms with van der Waals surface area (Å²) in [6, 6.07) is 9.40. The third kappa shape index (κ3) is 7.99. The second kappa shape index (κ2) is 14.0. The first-order valence-electron chi connectivity index (χ1n) is 14.0. The zero-order valence-electron chi connectivity index (χ0n) is 23.4. The molecule has 0 radical (unpaired) electrons. The van der Waals surface area contributed by atoms with Gasteiger partial charge in [0.25, 0.3) is 0 Å². The Kier molecular flexibility index (Phi) is 10.7. The topological polar surface area (TPSA) is 105 Å².